The van der Waals surface area contributed by atoms with Gasteiger partial charge in [0, 0.05) is 5.56 Å². The lowest BCUT2D eigenvalue weighted by Gasteiger charge is -2.25. The van der Waals surface area contributed by atoms with Crippen LogP contribution in [-0.2, 0) is 20.4 Å². The second-order valence-corrected chi connectivity index (χ2v) is 7.35. The lowest BCUT2D eigenvalue weighted by atomic mass is 10.2. The number of ether oxygens (including phenoxy) is 1. The average Bonchev–Trinajstić information content (AvgIpc) is 2.97. The molecule has 1 aromatic carbocycles. The molecular formula is C16H15F3N3O5P. The molecule has 12 heteroatoms. The summed E-state index contributed by atoms with van der Waals surface area (Å²) in [6.45, 7) is -0.296. The molecule has 3 unspecified atom stereocenters. The van der Waals surface area contributed by atoms with Gasteiger partial charge in [-0.25, -0.2) is 18.0 Å². The van der Waals surface area contributed by atoms with Gasteiger partial charge in [-0.15, -0.1) is 0 Å². The molecule has 2 N–H and O–H groups in total. The Hall–Kier alpha value is -2.20. The second kappa shape index (κ2) is 7.32. The predicted octanol–water partition coefficient (Wildman–Crippen LogP) is 2.74. The van der Waals surface area contributed by atoms with Crippen molar-refractivity contribution in [3.63, 3.8) is 0 Å². The Morgan fingerprint density at radius 2 is 2.18 bits per heavy atom. The van der Waals surface area contributed by atoms with Gasteiger partial charge in [-0.05, 0) is 6.07 Å². The summed E-state index contributed by atoms with van der Waals surface area (Å²) in [4.78, 5) is 15.1. The summed E-state index contributed by atoms with van der Waals surface area (Å²) >= 11 is 0. The molecule has 0 aliphatic carbocycles. The number of rotatable bonds is 4. The van der Waals surface area contributed by atoms with Gasteiger partial charge in [-0.2, -0.15) is 4.98 Å². The number of anilines is 1. The topological polar surface area (TPSA) is 97.8 Å². The van der Waals surface area contributed by atoms with Crippen LogP contribution in [0.4, 0.5) is 19.0 Å². The molecule has 28 heavy (non-hydrogen) atoms. The van der Waals surface area contributed by atoms with Crippen LogP contribution < -0.4 is 15.9 Å². The molecular weight excluding hydrogens is 402 g/mol. The number of nitrogen functional groups attached to an aromatic ring is 1. The van der Waals surface area contributed by atoms with E-state index < -0.39 is 57.2 Å². The van der Waals surface area contributed by atoms with Crippen molar-refractivity contribution < 1.29 is 31.5 Å². The fourth-order valence-electron chi connectivity index (χ4n) is 2.82. The maximum absolute atomic E-state index is 14.3. The molecule has 2 aliphatic heterocycles. The lowest BCUT2D eigenvalue weighted by molar-refractivity contribution is -0.0994. The molecule has 0 saturated carbocycles. The first-order valence-electron chi connectivity index (χ1n) is 8.23. The molecule has 1 aromatic heterocycles. The second-order valence-electron chi connectivity index (χ2n) is 6.20. The fraction of sp³-hybridized carbons (Fsp3) is 0.375. The minimum absolute atomic E-state index is 0.234. The summed E-state index contributed by atoms with van der Waals surface area (Å²) in [7, 11) is -1.87. The third kappa shape index (κ3) is 3.70. The van der Waals surface area contributed by atoms with Crippen LogP contribution in [0, 0.1) is 5.82 Å². The maximum atomic E-state index is 14.3. The van der Waals surface area contributed by atoms with Gasteiger partial charge >= 0.3 is 14.3 Å². The first-order valence-corrected chi connectivity index (χ1v) is 9.32. The molecule has 0 spiro atoms. The quantitative estimate of drug-likeness (QED) is 0.764. The van der Waals surface area contributed by atoms with Crippen molar-refractivity contribution in [3.8, 4) is 5.75 Å². The van der Waals surface area contributed by atoms with E-state index in [9.17, 15) is 18.0 Å². The van der Waals surface area contributed by atoms with Gasteiger partial charge in [0.05, 0.1) is 25.8 Å². The van der Waals surface area contributed by atoms with Crippen molar-refractivity contribution in [2.45, 2.75) is 31.3 Å². The summed E-state index contributed by atoms with van der Waals surface area (Å²) in [6, 6.07) is 7.14. The number of fused-ring (bicyclic) bond motifs is 1. The molecule has 0 amide bonds. The van der Waals surface area contributed by atoms with E-state index in [1.54, 1.807) is 12.1 Å². The largest absolute Gasteiger partial charge is 0.426 e. The zero-order valence-electron chi connectivity index (χ0n) is 14.3. The molecule has 2 aliphatic rings. The van der Waals surface area contributed by atoms with Crippen LogP contribution in [0.3, 0.4) is 0 Å². The first-order chi connectivity index (χ1) is 13.3. The van der Waals surface area contributed by atoms with Gasteiger partial charge in [-0.1, -0.05) is 18.2 Å². The number of hydrogen-bond acceptors (Lipinski definition) is 7. The SMILES string of the molecule is Nc1nc(=O)n(C2CC(F)(F)C(COP3OCc4ccccc4O3)O2)cc1F. The molecule has 2 aromatic rings. The van der Waals surface area contributed by atoms with Gasteiger partial charge in [-0.3, -0.25) is 13.6 Å². The molecule has 0 bridgehead atoms. The number of nitrogens with two attached hydrogens (primary N) is 1. The van der Waals surface area contributed by atoms with Crippen LogP contribution in [0.5, 0.6) is 5.75 Å². The van der Waals surface area contributed by atoms with Gasteiger partial charge < -0.3 is 15.0 Å². The summed E-state index contributed by atoms with van der Waals surface area (Å²) in [5.41, 5.74) is 5.04. The van der Waals surface area contributed by atoms with Crippen molar-refractivity contribution in [2.75, 3.05) is 12.3 Å². The number of alkyl halides is 2. The van der Waals surface area contributed by atoms with Crippen molar-refractivity contribution in [1.29, 1.82) is 0 Å². The van der Waals surface area contributed by atoms with Gasteiger partial charge in [0.1, 0.15) is 18.1 Å². The van der Waals surface area contributed by atoms with Gasteiger partial charge in [0.15, 0.2) is 11.6 Å². The molecule has 8 nitrogen and oxygen atoms in total. The third-order valence-corrected chi connectivity index (χ3v) is 5.33. The van der Waals surface area contributed by atoms with Crippen molar-refractivity contribution >= 4 is 14.4 Å². The predicted molar refractivity (Wildman–Crippen MR) is 91.1 cm³/mol. The fourth-order valence-corrected chi connectivity index (χ4v) is 3.84. The van der Waals surface area contributed by atoms with Gasteiger partial charge in [0.2, 0.25) is 0 Å². The average molecular weight is 417 g/mol. The minimum atomic E-state index is -3.31. The van der Waals surface area contributed by atoms with Crippen LogP contribution in [0.1, 0.15) is 18.2 Å². The number of nitrogens with zero attached hydrogens (tertiary/aromatic N) is 2. The maximum Gasteiger partial charge on any atom is 0.397 e. The van der Waals surface area contributed by atoms with Crippen LogP contribution in [0.25, 0.3) is 0 Å². The van der Waals surface area contributed by atoms with Crippen LogP contribution >= 0.6 is 8.60 Å². The molecule has 1 saturated heterocycles. The highest BCUT2D eigenvalue weighted by molar-refractivity contribution is 7.42. The van der Waals surface area contributed by atoms with Crippen LogP contribution in [-0.4, -0.2) is 28.2 Å². The van der Waals surface area contributed by atoms with E-state index >= 15 is 0 Å². The van der Waals surface area contributed by atoms with E-state index in [-0.39, 0.29) is 6.61 Å². The Morgan fingerprint density at radius 3 is 3.00 bits per heavy atom. The van der Waals surface area contributed by atoms with Crippen LogP contribution in [0.2, 0.25) is 0 Å². The molecule has 4 rings (SSSR count). The number of halogens is 3. The standard InChI is InChI=1S/C16H15F3N3O5P/c17-10-6-22(15(23)21-14(10)20)13-5-16(18,19)12(26-13)8-25-28-24-7-9-3-1-2-4-11(9)27-28/h1-4,6,12-13H,5,7-8H2,(H2,20,21,23). The number of benzene rings is 1. The smallest absolute Gasteiger partial charge is 0.397 e. The lowest BCUT2D eigenvalue weighted by Crippen LogP contribution is -2.32. The monoisotopic (exact) mass is 417 g/mol. The highest BCUT2D eigenvalue weighted by atomic mass is 31.2. The van der Waals surface area contributed by atoms with E-state index in [1.165, 1.54) is 0 Å². The highest BCUT2D eigenvalue weighted by Crippen LogP contribution is 2.49. The normalized spacial score (nSPS) is 25.9. The Morgan fingerprint density at radius 1 is 1.39 bits per heavy atom. The van der Waals surface area contributed by atoms with Crippen molar-refractivity contribution in [1.82, 2.24) is 9.55 Å². The van der Waals surface area contributed by atoms with Crippen LogP contribution in [0.15, 0.2) is 35.3 Å². The number of para-hydroxylation sites is 1. The van der Waals surface area contributed by atoms with Gasteiger partial charge in [0.25, 0.3) is 5.92 Å². The zero-order chi connectivity index (χ0) is 19.9. The number of aromatic nitrogens is 2. The van der Waals surface area contributed by atoms with E-state index in [4.69, 9.17) is 24.0 Å². The number of hydrogen-bond donors (Lipinski definition) is 1. The summed E-state index contributed by atoms with van der Waals surface area (Å²) in [5.74, 6) is -4.37. The van der Waals surface area contributed by atoms with E-state index in [0.29, 0.717) is 16.5 Å². The zero-order valence-corrected chi connectivity index (χ0v) is 15.2. The summed E-state index contributed by atoms with van der Waals surface area (Å²) in [5, 5.41) is 0. The highest BCUT2D eigenvalue weighted by Gasteiger charge is 2.52. The Labute approximate surface area is 158 Å². The van der Waals surface area contributed by atoms with Crippen molar-refractivity contribution in [3.05, 3.63) is 52.3 Å². The molecule has 1 fully saturated rings. The van der Waals surface area contributed by atoms with E-state index in [0.717, 1.165) is 5.56 Å². The van der Waals surface area contributed by atoms with Crippen molar-refractivity contribution in [2.24, 2.45) is 0 Å². The molecule has 150 valence electrons. The van der Waals surface area contributed by atoms with E-state index in [1.807, 2.05) is 12.1 Å². The Bertz CT molecular complexity index is 944. The molecule has 3 atom stereocenters. The third-order valence-electron chi connectivity index (χ3n) is 4.29. The minimum Gasteiger partial charge on any atom is -0.426 e. The van der Waals surface area contributed by atoms with E-state index in [2.05, 4.69) is 4.98 Å². The molecule has 3 heterocycles. The Balaban J connectivity index is 1.42. The summed E-state index contributed by atoms with van der Waals surface area (Å²) < 4.78 is 64.3. The Kier molecular flexibility index (Phi) is 5.00. The molecule has 0 radical (unpaired) electrons. The first kappa shape index (κ1) is 19.1. The summed E-state index contributed by atoms with van der Waals surface area (Å²) in [6.07, 6.45) is -3.21.